The van der Waals surface area contributed by atoms with E-state index in [1.807, 2.05) is 20.8 Å². The number of carbonyl (C=O) groups is 1. The fourth-order valence-electron chi connectivity index (χ4n) is 3.07. The molecule has 0 aromatic heterocycles. The van der Waals surface area contributed by atoms with Gasteiger partial charge in [0.2, 0.25) is 0 Å². The van der Waals surface area contributed by atoms with Gasteiger partial charge in [-0.1, -0.05) is 0 Å². The minimum absolute atomic E-state index is 0.0235. The SMILES string of the molecule is CC(C)(C)OC(=O)N1[C@@H]2CC[C@H]1C[C@@H](OS(C)(=O)=O)C2. The third-order valence-electron chi connectivity index (χ3n) is 3.61. The van der Waals surface area contributed by atoms with Gasteiger partial charge in [0.25, 0.3) is 10.1 Å². The molecule has 0 aromatic carbocycles. The number of carbonyl (C=O) groups excluding carboxylic acids is 1. The number of piperidine rings is 1. The number of rotatable bonds is 2. The van der Waals surface area contributed by atoms with E-state index in [0.717, 1.165) is 19.1 Å². The molecule has 3 atom stereocenters. The molecule has 2 fully saturated rings. The van der Waals surface area contributed by atoms with Gasteiger partial charge in [0.05, 0.1) is 12.4 Å². The van der Waals surface area contributed by atoms with Crippen molar-refractivity contribution in [3.63, 3.8) is 0 Å². The van der Waals surface area contributed by atoms with Crippen LogP contribution in [0.4, 0.5) is 4.79 Å². The summed E-state index contributed by atoms with van der Waals surface area (Å²) in [7, 11) is -3.44. The van der Waals surface area contributed by atoms with Gasteiger partial charge in [-0.25, -0.2) is 4.79 Å². The Morgan fingerprint density at radius 2 is 1.65 bits per heavy atom. The van der Waals surface area contributed by atoms with E-state index < -0.39 is 15.7 Å². The van der Waals surface area contributed by atoms with Crippen LogP contribution in [0.3, 0.4) is 0 Å². The number of hydrogen-bond donors (Lipinski definition) is 0. The summed E-state index contributed by atoms with van der Waals surface area (Å²) in [5, 5.41) is 0. The van der Waals surface area contributed by atoms with E-state index in [2.05, 4.69) is 0 Å². The lowest BCUT2D eigenvalue weighted by Gasteiger charge is -2.38. The van der Waals surface area contributed by atoms with Crippen LogP contribution in [0.2, 0.25) is 0 Å². The molecule has 2 heterocycles. The smallest absolute Gasteiger partial charge is 0.410 e. The van der Waals surface area contributed by atoms with Gasteiger partial charge < -0.3 is 9.64 Å². The van der Waals surface area contributed by atoms with E-state index in [9.17, 15) is 13.2 Å². The van der Waals surface area contributed by atoms with Gasteiger partial charge in [-0.2, -0.15) is 8.42 Å². The zero-order chi connectivity index (χ0) is 15.1. The highest BCUT2D eigenvalue weighted by molar-refractivity contribution is 7.86. The zero-order valence-electron chi connectivity index (χ0n) is 12.5. The Morgan fingerprint density at radius 3 is 2.05 bits per heavy atom. The summed E-state index contributed by atoms with van der Waals surface area (Å²) < 4.78 is 32.9. The number of amides is 1. The van der Waals surface area contributed by atoms with Crippen molar-refractivity contribution in [1.82, 2.24) is 4.90 Å². The average molecular weight is 305 g/mol. The number of fused-ring (bicyclic) bond motifs is 2. The molecule has 0 aromatic rings. The summed E-state index contributed by atoms with van der Waals surface area (Å²) in [4.78, 5) is 14.0. The van der Waals surface area contributed by atoms with Gasteiger partial charge in [0.1, 0.15) is 5.60 Å². The fraction of sp³-hybridized carbons (Fsp3) is 0.923. The van der Waals surface area contributed by atoms with E-state index in [1.165, 1.54) is 0 Å². The van der Waals surface area contributed by atoms with Gasteiger partial charge >= 0.3 is 6.09 Å². The molecule has 6 nitrogen and oxygen atoms in total. The molecule has 0 N–H and O–H groups in total. The average Bonchev–Trinajstić information content (AvgIpc) is 2.46. The second-order valence-electron chi connectivity index (χ2n) is 6.67. The van der Waals surface area contributed by atoms with Crippen LogP contribution in [0.1, 0.15) is 46.5 Å². The van der Waals surface area contributed by atoms with Crippen LogP contribution in [0.15, 0.2) is 0 Å². The molecule has 116 valence electrons. The quantitative estimate of drug-likeness (QED) is 0.728. The molecule has 0 aliphatic carbocycles. The molecule has 2 rings (SSSR count). The van der Waals surface area contributed by atoms with Crippen LogP contribution in [0, 0.1) is 0 Å². The van der Waals surface area contributed by atoms with Crippen LogP contribution in [-0.2, 0) is 19.0 Å². The Labute approximate surface area is 120 Å². The molecular formula is C13H23NO5S. The topological polar surface area (TPSA) is 72.9 Å². The lowest BCUT2D eigenvalue weighted by molar-refractivity contribution is -0.00599. The van der Waals surface area contributed by atoms with Crippen molar-refractivity contribution in [2.45, 2.75) is 70.2 Å². The predicted octanol–water partition coefficient (Wildman–Crippen LogP) is 1.89. The van der Waals surface area contributed by atoms with Crippen LogP contribution >= 0.6 is 0 Å². The highest BCUT2D eigenvalue weighted by Crippen LogP contribution is 2.38. The zero-order valence-corrected chi connectivity index (χ0v) is 13.3. The molecular weight excluding hydrogens is 282 g/mol. The highest BCUT2D eigenvalue weighted by Gasteiger charge is 2.45. The Balaban J connectivity index is 2.02. The molecule has 20 heavy (non-hydrogen) atoms. The molecule has 0 saturated carbocycles. The molecule has 1 amide bonds. The third kappa shape index (κ3) is 3.85. The maximum Gasteiger partial charge on any atom is 0.410 e. The minimum Gasteiger partial charge on any atom is -0.444 e. The summed E-state index contributed by atoms with van der Waals surface area (Å²) in [6.07, 6.45) is 3.32. The van der Waals surface area contributed by atoms with Gasteiger partial charge in [0.15, 0.2) is 0 Å². The minimum atomic E-state index is -3.44. The summed E-state index contributed by atoms with van der Waals surface area (Å²) in [6.45, 7) is 5.52. The number of hydrogen-bond acceptors (Lipinski definition) is 5. The molecule has 0 radical (unpaired) electrons. The molecule has 7 heteroatoms. The molecule has 0 unspecified atom stereocenters. The van der Waals surface area contributed by atoms with Crippen LogP contribution < -0.4 is 0 Å². The summed E-state index contributed by atoms with van der Waals surface area (Å²) in [5.41, 5.74) is -0.517. The van der Waals surface area contributed by atoms with Crippen molar-refractivity contribution >= 4 is 16.2 Å². The van der Waals surface area contributed by atoms with Crippen molar-refractivity contribution in [3.05, 3.63) is 0 Å². The van der Waals surface area contributed by atoms with Gasteiger partial charge in [-0.15, -0.1) is 0 Å². The first-order valence-corrected chi connectivity index (χ1v) is 8.76. The van der Waals surface area contributed by atoms with Crippen LogP contribution in [0.5, 0.6) is 0 Å². The van der Waals surface area contributed by atoms with Crippen LogP contribution in [0.25, 0.3) is 0 Å². The Hall–Kier alpha value is -0.820. The Kier molecular flexibility index (Phi) is 4.03. The molecule has 2 saturated heterocycles. The fourth-order valence-corrected chi connectivity index (χ4v) is 3.72. The van der Waals surface area contributed by atoms with Crippen molar-refractivity contribution in [2.75, 3.05) is 6.26 Å². The molecule has 2 bridgehead atoms. The first-order chi connectivity index (χ1) is 9.05. The van der Waals surface area contributed by atoms with Crippen molar-refractivity contribution < 1.29 is 22.1 Å². The molecule has 2 aliphatic heterocycles. The predicted molar refractivity (Wildman–Crippen MR) is 73.8 cm³/mol. The molecule has 0 spiro atoms. The van der Waals surface area contributed by atoms with E-state index in [0.29, 0.717) is 12.8 Å². The second-order valence-corrected chi connectivity index (χ2v) is 8.27. The third-order valence-corrected chi connectivity index (χ3v) is 4.23. The van der Waals surface area contributed by atoms with E-state index in [1.54, 1.807) is 4.90 Å². The summed E-state index contributed by atoms with van der Waals surface area (Å²) in [5.74, 6) is 0. The Morgan fingerprint density at radius 1 is 1.15 bits per heavy atom. The van der Waals surface area contributed by atoms with Crippen molar-refractivity contribution in [3.8, 4) is 0 Å². The van der Waals surface area contributed by atoms with Crippen LogP contribution in [-0.4, -0.2) is 49.5 Å². The maximum absolute atomic E-state index is 12.2. The van der Waals surface area contributed by atoms with Crippen molar-refractivity contribution in [2.24, 2.45) is 0 Å². The first-order valence-electron chi connectivity index (χ1n) is 6.95. The van der Waals surface area contributed by atoms with E-state index >= 15 is 0 Å². The normalized spacial score (nSPS) is 30.4. The van der Waals surface area contributed by atoms with Crippen molar-refractivity contribution in [1.29, 1.82) is 0 Å². The van der Waals surface area contributed by atoms with E-state index in [-0.39, 0.29) is 24.3 Å². The largest absolute Gasteiger partial charge is 0.444 e. The van der Waals surface area contributed by atoms with Gasteiger partial charge in [-0.3, -0.25) is 4.18 Å². The second kappa shape index (κ2) is 5.18. The highest BCUT2D eigenvalue weighted by atomic mass is 32.2. The standard InChI is InChI=1S/C13H23NO5S/c1-13(2,3)18-12(15)14-9-5-6-10(14)8-11(7-9)19-20(4,16)17/h9-11H,5-8H2,1-4H3/t9-,10+,11+. The van der Waals surface area contributed by atoms with E-state index in [4.69, 9.17) is 8.92 Å². The maximum atomic E-state index is 12.2. The lowest BCUT2D eigenvalue weighted by Crippen LogP contribution is -2.50. The Bertz CT molecular complexity index is 467. The monoisotopic (exact) mass is 305 g/mol. The summed E-state index contributed by atoms with van der Waals surface area (Å²) >= 11 is 0. The van der Waals surface area contributed by atoms with Gasteiger partial charge in [-0.05, 0) is 46.5 Å². The molecule has 2 aliphatic rings. The van der Waals surface area contributed by atoms with Gasteiger partial charge in [0, 0.05) is 12.1 Å². The first kappa shape index (κ1) is 15.6. The lowest BCUT2D eigenvalue weighted by atomic mass is 10.0. The number of nitrogens with zero attached hydrogens (tertiary/aromatic N) is 1. The summed E-state index contributed by atoms with van der Waals surface area (Å²) in [6, 6.07) is 0.0469. The number of ether oxygens (including phenoxy) is 1.